The van der Waals surface area contributed by atoms with Crippen molar-refractivity contribution in [3.8, 4) is 0 Å². The van der Waals surface area contributed by atoms with Crippen molar-refractivity contribution in [1.29, 1.82) is 0 Å². The SMILES string of the molecule is CCC(C)(C)CNC1CC2CCC1C2. The topological polar surface area (TPSA) is 12.0 Å². The maximum atomic E-state index is 3.80. The smallest absolute Gasteiger partial charge is 0.00982 e. The lowest BCUT2D eigenvalue weighted by molar-refractivity contribution is 0.271. The van der Waals surface area contributed by atoms with Crippen LogP contribution in [0.25, 0.3) is 0 Å². The van der Waals surface area contributed by atoms with Crippen molar-refractivity contribution in [2.24, 2.45) is 17.3 Å². The Morgan fingerprint density at radius 3 is 2.50 bits per heavy atom. The highest BCUT2D eigenvalue weighted by Gasteiger charge is 2.39. The molecule has 3 unspecified atom stereocenters. The van der Waals surface area contributed by atoms with Crippen LogP contribution in [0.5, 0.6) is 0 Å². The average molecular weight is 195 g/mol. The standard InChI is InChI=1S/C13H25N/c1-4-13(2,3)9-14-12-8-10-5-6-11(12)7-10/h10-12,14H,4-9H2,1-3H3. The van der Waals surface area contributed by atoms with E-state index in [0.717, 1.165) is 17.9 Å². The Bertz CT molecular complexity index is 197. The van der Waals surface area contributed by atoms with Crippen LogP contribution in [0, 0.1) is 17.3 Å². The molecule has 82 valence electrons. The highest BCUT2D eigenvalue weighted by molar-refractivity contribution is 4.94. The Morgan fingerprint density at radius 1 is 1.21 bits per heavy atom. The molecule has 0 spiro atoms. The zero-order valence-corrected chi connectivity index (χ0v) is 9.97. The third-order valence-electron chi connectivity index (χ3n) is 4.54. The molecule has 1 nitrogen and oxygen atoms in total. The summed E-state index contributed by atoms with van der Waals surface area (Å²) in [7, 11) is 0. The van der Waals surface area contributed by atoms with E-state index in [1.165, 1.54) is 38.6 Å². The molecule has 0 saturated heterocycles. The Labute approximate surface area is 88.7 Å². The van der Waals surface area contributed by atoms with Crippen molar-refractivity contribution in [3.05, 3.63) is 0 Å². The van der Waals surface area contributed by atoms with Crippen LogP contribution < -0.4 is 5.32 Å². The van der Waals surface area contributed by atoms with Crippen LogP contribution in [-0.4, -0.2) is 12.6 Å². The second kappa shape index (κ2) is 3.84. The fourth-order valence-corrected chi connectivity index (χ4v) is 3.03. The van der Waals surface area contributed by atoms with Crippen LogP contribution in [0.3, 0.4) is 0 Å². The van der Waals surface area contributed by atoms with Gasteiger partial charge in [0.25, 0.3) is 0 Å². The number of rotatable bonds is 4. The van der Waals surface area contributed by atoms with Gasteiger partial charge in [0.15, 0.2) is 0 Å². The summed E-state index contributed by atoms with van der Waals surface area (Å²) in [6.45, 7) is 8.24. The highest BCUT2D eigenvalue weighted by Crippen LogP contribution is 2.44. The van der Waals surface area contributed by atoms with Crippen LogP contribution in [0.4, 0.5) is 0 Å². The first kappa shape index (κ1) is 10.5. The van der Waals surface area contributed by atoms with E-state index in [4.69, 9.17) is 0 Å². The van der Waals surface area contributed by atoms with E-state index in [-0.39, 0.29) is 0 Å². The van der Waals surface area contributed by atoms with Gasteiger partial charge in [0.05, 0.1) is 0 Å². The molecule has 0 aromatic heterocycles. The van der Waals surface area contributed by atoms with Crippen molar-refractivity contribution in [1.82, 2.24) is 5.32 Å². The lowest BCUT2D eigenvalue weighted by atomic mass is 9.88. The first-order chi connectivity index (χ1) is 6.61. The molecule has 0 radical (unpaired) electrons. The van der Waals surface area contributed by atoms with E-state index >= 15 is 0 Å². The molecule has 2 bridgehead atoms. The molecule has 1 N–H and O–H groups in total. The molecule has 0 aromatic rings. The number of nitrogens with one attached hydrogen (secondary N) is 1. The Kier molecular flexibility index (Phi) is 2.88. The van der Waals surface area contributed by atoms with Crippen LogP contribution in [0.2, 0.25) is 0 Å². The normalized spacial score (nSPS) is 36.6. The molecule has 0 amide bonds. The predicted molar refractivity (Wildman–Crippen MR) is 61.3 cm³/mol. The maximum absolute atomic E-state index is 3.80. The summed E-state index contributed by atoms with van der Waals surface area (Å²) in [5.74, 6) is 2.09. The molecule has 14 heavy (non-hydrogen) atoms. The van der Waals surface area contributed by atoms with E-state index in [9.17, 15) is 0 Å². The summed E-state index contributed by atoms with van der Waals surface area (Å²) in [6.07, 6.45) is 7.27. The molecule has 2 saturated carbocycles. The second-order valence-corrected chi connectivity index (χ2v) is 6.18. The average Bonchev–Trinajstić information content (AvgIpc) is 2.76. The number of fused-ring (bicyclic) bond motifs is 2. The van der Waals surface area contributed by atoms with Crippen LogP contribution in [0.1, 0.15) is 52.9 Å². The van der Waals surface area contributed by atoms with Gasteiger partial charge in [0, 0.05) is 12.6 Å². The Hall–Kier alpha value is -0.0400. The molecule has 1 heteroatoms. The predicted octanol–water partition coefficient (Wildman–Crippen LogP) is 3.20. The minimum Gasteiger partial charge on any atom is -0.313 e. The summed E-state index contributed by atoms with van der Waals surface area (Å²) >= 11 is 0. The van der Waals surface area contributed by atoms with Gasteiger partial charge >= 0.3 is 0 Å². The van der Waals surface area contributed by atoms with Gasteiger partial charge in [-0.15, -0.1) is 0 Å². The summed E-state index contributed by atoms with van der Waals surface area (Å²) in [5, 5.41) is 3.80. The van der Waals surface area contributed by atoms with Gasteiger partial charge in [-0.05, 0) is 42.9 Å². The minimum absolute atomic E-state index is 0.488. The first-order valence-electron chi connectivity index (χ1n) is 6.34. The first-order valence-corrected chi connectivity index (χ1v) is 6.34. The molecule has 0 aromatic carbocycles. The third-order valence-corrected chi connectivity index (χ3v) is 4.54. The highest BCUT2D eigenvalue weighted by atomic mass is 14.9. The van der Waals surface area contributed by atoms with E-state index in [1.54, 1.807) is 0 Å². The third kappa shape index (κ3) is 2.13. The minimum atomic E-state index is 0.488. The van der Waals surface area contributed by atoms with Gasteiger partial charge < -0.3 is 5.32 Å². The molecule has 0 aliphatic heterocycles. The largest absolute Gasteiger partial charge is 0.313 e. The molecule has 2 rings (SSSR count). The quantitative estimate of drug-likeness (QED) is 0.726. The molecule has 3 atom stereocenters. The van der Waals surface area contributed by atoms with Crippen LogP contribution >= 0.6 is 0 Å². The van der Waals surface area contributed by atoms with Crippen LogP contribution in [0.15, 0.2) is 0 Å². The van der Waals surface area contributed by atoms with Gasteiger partial charge in [-0.25, -0.2) is 0 Å². The van der Waals surface area contributed by atoms with Gasteiger partial charge in [-0.2, -0.15) is 0 Å². The van der Waals surface area contributed by atoms with Crippen molar-refractivity contribution in [2.75, 3.05) is 6.54 Å². The summed E-state index contributed by atoms with van der Waals surface area (Å²) in [4.78, 5) is 0. The molecular weight excluding hydrogens is 170 g/mol. The fourth-order valence-electron chi connectivity index (χ4n) is 3.03. The van der Waals surface area contributed by atoms with Gasteiger partial charge in [-0.1, -0.05) is 27.2 Å². The molecular formula is C13H25N. The van der Waals surface area contributed by atoms with Crippen LogP contribution in [-0.2, 0) is 0 Å². The Morgan fingerprint density at radius 2 is 2.00 bits per heavy atom. The summed E-state index contributed by atoms with van der Waals surface area (Å²) < 4.78 is 0. The molecule has 2 fully saturated rings. The number of hydrogen-bond acceptors (Lipinski definition) is 1. The lowest BCUT2D eigenvalue weighted by Crippen LogP contribution is -2.39. The van der Waals surface area contributed by atoms with Crippen molar-refractivity contribution >= 4 is 0 Å². The van der Waals surface area contributed by atoms with Crippen molar-refractivity contribution in [2.45, 2.75) is 58.9 Å². The van der Waals surface area contributed by atoms with E-state index in [2.05, 4.69) is 26.1 Å². The maximum Gasteiger partial charge on any atom is 0.00982 e. The zero-order chi connectivity index (χ0) is 10.2. The Balaban J connectivity index is 1.77. The van der Waals surface area contributed by atoms with Crippen molar-refractivity contribution in [3.63, 3.8) is 0 Å². The van der Waals surface area contributed by atoms with Gasteiger partial charge in [0.1, 0.15) is 0 Å². The molecule has 0 heterocycles. The second-order valence-electron chi connectivity index (χ2n) is 6.18. The number of hydrogen-bond donors (Lipinski definition) is 1. The van der Waals surface area contributed by atoms with Gasteiger partial charge in [0.2, 0.25) is 0 Å². The van der Waals surface area contributed by atoms with E-state index in [1.807, 2.05) is 0 Å². The zero-order valence-electron chi connectivity index (χ0n) is 9.97. The molecule has 2 aliphatic rings. The van der Waals surface area contributed by atoms with Gasteiger partial charge in [-0.3, -0.25) is 0 Å². The lowest BCUT2D eigenvalue weighted by Gasteiger charge is -2.29. The monoisotopic (exact) mass is 195 g/mol. The molecule has 2 aliphatic carbocycles. The van der Waals surface area contributed by atoms with E-state index < -0.39 is 0 Å². The summed E-state index contributed by atoms with van der Waals surface area (Å²) in [5.41, 5.74) is 0.488. The van der Waals surface area contributed by atoms with E-state index in [0.29, 0.717) is 5.41 Å². The van der Waals surface area contributed by atoms with Crippen molar-refractivity contribution < 1.29 is 0 Å². The summed E-state index contributed by atoms with van der Waals surface area (Å²) in [6, 6.07) is 0.861. The fraction of sp³-hybridized carbons (Fsp3) is 1.00.